The van der Waals surface area contributed by atoms with E-state index >= 15 is 0 Å². The fourth-order valence-electron chi connectivity index (χ4n) is 1.70. The van der Waals surface area contributed by atoms with Crippen LogP contribution in [0.1, 0.15) is 11.1 Å². The van der Waals surface area contributed by atoms with Crippen molar-refractivity contribution < 1.29 is 10.0 Å². The van der Waals surface area contributed by atoms with E-state index in [9.17, 15) is 10.1 Å². The first-order chi connectivity index (χ1) is 9.19. The molecule has 0 heterocycles. The Labute approximate surface area is 110 Å². The molecule has 98 valence electrons. The van der Waals surface area contributed by atoms with Crippen LogP contribution in [0.15, 0.2) is 48.5 Å². The highest BCUT2D eigenvalue weighted by Gasteiger charge is 2.05. The van der Waals surface area contributed by atoms with E-state index in [2.05, 4.69) is 5.32 Å². The molecule has 0 spiro atoms. The van der Waals surface area contributed by atoms with Gasteiger partial charge < -0.3 is 10.4 Å². The molecular formula is C14H14N2O3. The largest absolute Gasteiger partial charge is 0.392 e. The molecule has 2 aromatic carbocycles. The van der Waals surface area contributed by atoms with Crippen molar-refractivity contribution in [1.82, 2.24) is 0 Å². The third-order valence-electron chi connectivity index (χ3n) is 2.76. The van der Waals surface area contributed by atoms with Crippen molar-refractivity contribution >= 4 is 11.4 Å². The van der Waals surface area contributed by atoms with Gasteiger partial charge in [0.15, 0.2) is 0 Å². The average molecular weight is 258 g/mol. The van der Waals surface area contributed by atoms with Crippen LogP contribution < -0.4 is 5.32 Å². The number of anilines is 1. The Hall–Kier alpha value is -2.40. The zero-order valence-electron chi connectivity index (χ0n) is 10.2. The predicted molar refractivity (Wildman–Crippen MR) is 72.8 cm³/mol. The second-order valence-electron chi connectivity index (χ2n) is 4.14. The molecule has 0 atom stereocenters. The first-order valence-electron chi connectivity index (χ1n) is 5.86. The Morgan fingerprint density at radius 1 is 1.11 bits per heavy atom. The van der Waals surface area contributed by atoms with E-state index in [1.54, 1.807) is 12.1 Å². The minimum absolute atomic E-state index is 0.0264. The summed E-state index contributed by atoms with van der Waals surface area (Å²) in [4.78, 5) is 10.2. The van der Waals surface area contributed by atoms with Crippen molar-refractivity contribution in [3.8, 4) is 0 Å². The van der Waals surface area contributed by atoms with E-state index in [1.165, 1.54) is 12.1 Å². The zero-order valence-corrected chi connectivity index (χ0v) is 10.2. The summed E-state index contributed by atoms with van der Waals surface area (Å²) in [6.45, 7) is 0.603. The summed E-state index contributed by atoms with van der Waals surface area (Å²) in [7, 11) is 0. The van der Waals surface area contributed by atoms with Gasteiger partial charge in [0.1, 0.15) is 0 Å². The molecule has 2 rings (SSSR count). The predicted octanol–water partition coefficient (Wildman–Crippen LogP) is 2.70. The van der Waals surface area contributed by atoms with Gasteiger partial charge in [0, 0.05) is 24.4 Å². The quantitative estimate of drug-likeness (QED) is 0.638. The van der Waals surface area contributed by atoms with Crippen molar-refractivity contribution in [3.63, 3.8) is 0 Å². The molecule has 0 aromatic heterocycles. The maximum absolute atomic E-state index is 10.7. The number of nitrogens with one attached hydrogen (secondary N) is 1. The number of benzene rings is 2. The summed E-state index contributed by atoms with van der Waals surface area (Å²) in [6, 6.07) is 13.9. The van der Waals surface area contributed by atoms with E-state index in [-0.39, 0.29) is 12.3 Å². The maximum atomic E-state index is 10.7. The molecule has 0 saturated carbocycles. The van der Waals surface area contributed by atoms with Gasteiger partial charge in [-0.15, -0.1) is 0 Å². The van der Waals surface area contributed by atoms with E-state index in [0.29, 0.717) is 12.2 Å². The van der Waals surface area contributed by atoms with Crippen molar-refractivity contribution in [3.05, 3.63) is 69.8 Å². The van der Waals surface area contributed by atoms with Crippen molar-refractivity contribution in [2.75, 3.05) is 5.32 Å². The lowest BCUT2D eigenvalue weighted by molar-refractivity contribution is -0.384. The van der Waals surface area contributed by atoms with Crippen LogP contribution in [0.2, 0.25) is 0 Å². The standard InChI is InChI=1S/C14H14N2O3/c17-10-12-6-4-11(5-7-12)9-15-13-2-1-3-14(8-13)16(18)19/h1-8,15,17H,9-10H2. The van der Waals surface area contributed by atoms with E-state index in [0.717, 1.165) is 11.1 Å². The number of non-ortho nitro benzene ring substituents is 1. The van der Waals surface area contributed by atoms with E-state index in [4.69, 9.17) is 5.11 Å². The highest BCUT2D eigenvalue weighted by molar-refractivity contribution is 5.51. The topological polar surface area (TPSA) is 75.4 Å². The molecule has 0 aliphatic rings. The summed E-state index contributed by atoms with van der Waals surface area (Å²) in [6.07, 6.45) is 0. The summed E-state index contributed by atoms with van der Waals surface area (Å²) < 4.78 is 0. The minimum atomic E-state index is -0.415. The zero-order chi connectivity index (χ0) is 13.7. The molecule has 0 bridgehead atoms. The lowest BCUT2D eigenvalue weighted by Crippen LogP contribution is -2.00. The number of aliphatic hydroxyl groups excluding tert-OH is 1. The van der Waals surface area contributed by atoms with Crippen LogP contribution >= 0.6 is 0 Å². The van der Waals surface area contributed by atoms with Crippen LogP contribution in [-0.2, 0) is 13.2 Å². The van der Waals surface area contributed by atoms with Gasteiger partial charge in [0.2, 0.25) is 0 Å². The molecule has 0 radical (unpaired) electrons. The molecule has 2 aromatic rings. The van der Waals surface area contributed by atoms with Crippen LogP contribution in [0.4, 0.5) is 11.4 Å². The minimum Gasteiger partial charge on any atom is -0.392 e. The Morgan fingerprint density at radius 2 is 1.79 bits per heavy atom. The van der Waals surface area contributed by atoms with Gasteiger partial charge in [0.25, 0.3) is 5.69 Å². The third kappa shape index (κ3) is 3.53. The van der Waals surface area contributed by atoms with Crippen molar-refractivity contribution in [1.29, 1.82) is 0 Å². The van der Waals surface area contributed by atoms with Crippen LogP contribution in [-0.4, -0.2) is 10.0 Å². The number of nitro groups is 1. The third-order valence-corrected chi connectivity index (χ3v) is 2.76. The molecule has 2 N–H and O–H groups in total. The van der Waals surface area contributed by atoms with E-state index < -0.39 is 4.92 Å². The fraction of sp³-hybridized carbons (Fsp3) is 0.143. The molecule has 0 unspecified atom stereocenters. The Kier molecular flexibility index (Phi) is 4.10. The second kappa shape index (κ2) is 5.97. The molecule has 19 heavy (non-hydrogen) atoms. The SMILES string of the molecule is O=[N+]([O-])c1cccc(NCc2ccc(CO)cc2)c1. The van der Waals surface area contributed by atoms with Gasteiger partial charge in [-0.2, -0.15) is 0 Å². The van der Waals surface area contributed by atoms with Crippen LogP contribution in [0.3, 0.4) is 0 Å². The molecule has 5 nitrogen and oxygen atoms in total. The van der Waals surface area contributed by atoms with Crippen LogP contribution in [0, 0.1) is 10.1 Å². The fourth-order valence-corrected chi connectivity index (χ4v) is 1.70. The first-order valence-corrected chi connectivity index (χ1v) is 5.86. The lowest BCUT2D eigenvalue weighted by Gasteiger charge is -2.07. The smallest absolute Gasteiger partial charge is 0.271 e. The van der Waals surface area contributed by atoms with Gasteiger partial charge in [-0.05, 0) is 17.2 Å². The normalized spacial score (nSPS) is 10.2. The Balaban J connectivity index is 2.01. The van der Waals surface area contributed by atoms with Gasteiger partial charge in [-0.3, -0.25) is 10.1 Å². The number of nitro benzene ring substituents is 1. The highest BCUT2D eigenvalue weighted by Crippen LogP contribution is 2.17. The number of rotatable bonds is 5. The van der Waals surface area contributed by atoms with Gasteiger partial charge in [0.05, 0.1) is 11.5 Å². The van der Waals surface area contributed by atoms with Crippen molar-refractivity contribution in [2.45, 2.75) is 13.2 Å². The summed E-state index contributed by atoms with van der Waals surface area (Å²) in [5.41, 5.74) is 2.68. The number of aliphatic hydroxyl groups is 1. The molecule has 0 aliphatic carbocycles. The van der Waals surface area contributed by atoms with Crippen LogP contribution in [0.5, 0.6) is 0 Å². The number of hydrogen-bond acceptors (Lipinski definition) is 4. The number of nitrogens with zero attached hydrogens (tertiary/aromatic N) is 1. The van der Waals surface area contributed by atoms with Crippen LogP contribution in [0.25, 0.3) is 0 Å². The van der Waals surface area contributed by atoms with Crippen molar-refractivity contribution in [2.24, 2.45) is 0 Å². The maximum Gasteiger partial charge on any atom is 0.271 e. The van der Waals surface area contributed by atoms with Gasteiger partial charge >= 0.3 is 0 Å². The van der Waals surface area contributed by atoms with E-state index in [1.807, 2.05) is 24.3 Å². The summed E-state index contributed by atoms with van der Waals surface area (Å²) in [5.74, 6) is 0. The summed E-state index contributed by atoms with van der Waals surface area (Å²) >= 11 is 0. The monoisotopic (exact) mass is 258 g/mol. The Bertz CT molecular complexity index is 567. The molecule has 0 saturated heterocycles. The van der Waals surface area contributed by atoms with Gasteiger partial charge in [-0.1, -0.05) is 30.3 Å². The molecule has 0 amide bonds. The highest BCUT2D eigenvalue weighted by atomic mass is 16.6. The Morgan fingerprint density at radius 3 is 2.42 bits per heavy atom. The first kappa shape index (κ1) is 13.0. The molecule has 5 heteroatoms. The average Bonchev–Trinajstić information content (AvgIpc) is 2.46. The number of hydrogen-bond donors (Lipinski definition) is 2. The molecule has 0 aliphatic heterocycles. The second-order valence-corrected chi connectivity index (χ2v) is 4.14. The van der Waals surface area contributed by atoms with Gasteiger partial charge in [-0.25, -0.2) is 0 Å². The summed E-state index contributed by atoms with van der Waals surface area (Å²) in [5, 5.41) is 22.7. The molecule has 0 fully saturated rings. The molecular weight excluding hydrogens is 244 g/mol. The lowest BCUT2D eigenvalue weighted by atomic mass is 10.1.